The molecule has 0 aromatic carbocycles. The van der Waals surface area contributed by atoms with Crippen LogP contribution >= 0.6 is 0 Å². The fourth-order valence-electron chi connectivity index (χ4n) is 0. The fourth-order valence-corrected chi connectivity index (χ4v) is 0. The van der Waals surface area contributed by atoms with Crippen LogP contribution in [0.25, 0.3) is 0 Å². The van der Waals surface area contributed by atoms with Crippen LogP contribution < -0.4 is 0 Å². The lowest BCUT2D eigenvalue weighted by Gasteiger charge is -1.60. The van der Waals surface area contributed by atoms with Crippen LogP contribution in [0.4, 0.5) is 0 Å². The van der Waals surface area contributed by atoms with Crippen LogP contribution in [0, 0.1) is 10.1 Å². The van der Waals surface area contributed by atoms with Crippen molar-refractivity contribution in [2.45, 2.75) is 0 Å². The third-order valence-electron chi connectivity index (χ3n) is 0. The fraction of sp³-hybridized carbons (Fsp3) is 1.00. The van der Waals surface area contributed by atoms with E-state index in [0.29, 0.717) is 0 Å². The molecule has 0 atom stereocenters. The third-order valence-corrected chi connectivity index (χ3v) is 0. The van der Waals surface area contributed by atoms with Gasteiger partial charge in [0.05, 0.1) is 0 Å². The van der Waals surface area contributed by atoms with Gasteiger partial charge in [0, 0.05) is 23.3 Å². The molecule has 0 aliphatic heterocycles. The normalized spacial score (nSPS) is 7.38. The van der Waals surface area contributed by atoms with E-state index >= 15 is 0 Å². The molecule has 0 rings (SSSR count). The number of nitrogens with zero attached hydrogens (tertiary/aromatic N) is 1. The molecule has 0 unspecified atom stereocenters. The van der Waals surface area contributed by atoms with Gasteiger partial charge in [-0.3, -0.25) is 4.21 Å². The lowest BCUT2D eigenvalue weighted by molar-refractivity contribution is -0.742. The summed E-state index contributed by atoms with van der Waals surface area (Å²) in [5.74, 6) is 0. The van der Waals surface area contributed by atoms with Crippen LogP contribution in [0.1, 0.15) is 0 Å². The smallest absolute Gasteiger partial charge is 0.291 e. The number of hydrogen-bond donors (Lipinski definition) is 1. The van der Waals surface area contributed by atoms with Crippen molar-refractivity contribution in [2.24, 2.45) is 0 Å². The van der Waals surface area contributed by atoms with Gasteiger partial charge in [-0.05, 0) is 0 Å². The topological polar surface area (TPSA) is 80.4 Å². The van der Waals surface area contributed by atoms with E-state index in [1.54, 1.807) is 12.5 Å². The highest BCUT2D eigenvalue weighted by atomic mass is 32.2. The molecular formula is C2H7NO4S. The molecule has 0 spiro atoms. The van der Waals surface area contributed by atoms with Gasteiger partial charge in [0.1, 0.15) is 0 Å². The first kappa shape index (κ1) is 10.4. The quantitative estimate of drug-likeness (QED) is 0.369. The summed E-state index contributed by atoms with van der Waals surface area (Å²) >= 11 is 0. The molecule has 0 radical (unpaired) electrons. The maximum Gasteiger partial charge on any atom is 0.291 e. The molecule has 0 fully saturated rings. The van der Waals surface area contributed by atoms with Crippen LogP contribution in [0.15, 0.2) is 0 Å². The maximum atomic E-state index is 9.56. The summed E-state index contributed by atoms with van der Waals surface area (Å²) in [6.45, 7) is 0. The van der Waals surface area contributed by atoms with Crippen LogP contribution in [0.5, 0.6) is 0 Å². The van der Waals surface area contributed by atoms with Crippen molar-refractivity contribution >= 4 is 10.8 Å². The molecular weight excluding hydrogens is 134 g/mol. The standard InChI is InChI=1S/C2H6OS.HNO3/c1-4(2)3;2-1(3)4/h1-2H3;(H,2,3,4). The second-order valence-corrected chi connectivity index (χ2v) is 2.46. The van der Waals surface area contributed by atoms with Gasteiger partial charge in [0.2, 0.25) is 0 Å². The Balaban J connectivity index is 0. The van der Waals surface area contributed by atoms with Gasteiger partial charge in [0.25, 0.3) is 5.09 Å². The Morgan fingerprint density at radius 3 is 1.62 bits per heavy atom. The van der Waals surface area contributed by atoms with E-state index < -0.39 is 15.9 Å². The van der Waals surface area contributed by atoms with Crippen LogP contribution in [-0.4, -0.2) is 27.0 Å². The van der Waals surface area contributed by atoms with Gasteiger partial charge >= 0.3 is 0 Å². The van der Waals surface area contributed by atoms with Gasteiger partial charge in [-0.2, -0.15) is 0 Å². The third kappa shape index (κ3) is 240. The molecule has 0 amide bonds. The van der Waals surface area contributed by atoms with E-state index in [1.807, 2.05) is 0 Å². The second kappa shape index (κ2) is 6.35. The van der Waals surface area contributed by atoms with Crippen molar-refractivity contribution in [2.75, 3.05) is 12.5 Å². The Kier molecular flexibility index (Phi) is 8.22. The minimum Gasteiger partial charge on any atom is -0.328 e. The maximum absolute atomic E-state index is 9.56. The highest BCUT2D eigenvalue weighted by Gasteiger charge is 1.65. The van der Waals surface area contributed by atoms with Crippen LogP contribution in [0.3, 0.4) is 0 Å². The Morgan fingerprint density at radius 1 is 1.62 bits per heavy atom. The van der Waals surface area contributed by atoms with Crippen molar-refractivity contribution in [1.29, 1.82) is 0 Å². The molecule has 0 aromatic rings. The SMILES string of the molecule is CS(C)=O.O=[N+]([O-])O. The predicted octanol–water partition coefficient (Wildman–Crippen LogP) is -0.353. The molecule has 0 aliphatic carbocycles. The summed E-state index contributed by atoms with van der Waals surface area (Å²) in [6, 6.07) is 0. The molecule has 1 N–H and O–H groups in total. The first-order valence-electron chi connectivity index (χ1n) is 1.55. The Labute approximate surface area is 48.9 Å². The average molecular weight is 141 g/mol. The molecule has 0 saturated heterocycles. The minimum absolute atomic E-state index is 0.611. The Morgan fingerprint density at radius 2 is 1.62 bits per heavy atom. The Hall–Kier alpha value is -0.650. The second-order valence-electron chi connectivity index (χ2n) is 0.979. The van der Waals surface area contributed by atoms with E-state index in [9.17, 15) is 4.21 Å². The predicted molar refractivity (Wildman–Crippen MR) is 28.8 cm³/mol. The first-order valence-corrected chi connectivity index (χ1v) is 3.51. The zero-order valence-corrected chi connectivity index (χ0v) is 5.34. The van der Waals surface area contributed by atoms with Gasteiger partial charge in [-0.15, -0.1) is 10.1 Å². The summed E-state index contributed by atoms with van der Waals surface area (Å²) in [5, 5.41) is 13.6. The lowest BCUT2D eigenvalue weighted by Crippen LogP contribution is -1.81. The highest BCUT2D eigenvalue weighted by molar-refractivity contribution is 7.83. The van der Waals surface area contributed by atoms with Crippen molar-refractivity contribution in [3.8, 4) is 0 Å². The Bertz CT molecular complexity index is 72.0. The average Bonchev–Trinajstić information content (AvgIpc) is 1.25. The summed E-state index contributed by atoms with van der Waals surface area (Å²) in [5.41, 5.74) is 0. The van der Waals surface area contributed by atoms with E-state index in [-0.39, 0.29) is 0 Å². The summed E-state index contributed by atoms with van der Waals surface area (Å²) in [7, 11) is -0.611. The van der Waals surface area contributed by atoms with Crippen molar-refractivity contribution < 1.29 is 14.5 Å². The highest BCUT2D eigenvalue weighted by Crippen LogP contribution is 1.47. The van der Waals surface area contributed by atoms with Gasteiger partial charge in [-0.25, -0.2) is 0 Å². The molecule has 0 saturated carbocycles. The molecule has 0 bridgehead atoms. The summed E-state index contributed by atoms with van der Waals surface area (Å²) in [6.07, 6.45) is 3.28. The van der Waals surface area contributed by atoms with E-state index in [4.69, 9.17) is 15.3 Å². The first-order chi connectivity index (χ1) is 3.46. The molecule has 8 heavy (non-hydrogen) atoms. The molecule has 50 valence electrons. The summed E-state index contributed by atoms with van der Waals surface area (Å²) in [4.78, 5) is 8.36. The van der Waals surface area contributed by atoms with E-state index in [0.717, 1.165) is 0 Å². The van der Waals surface area contributed by atoms with Crippen LogP contribution in [-0.2, 0) is 10.8 Å². The van der Waals surface area contributed by atoms with Gasteiger partial charge in [-0.1, -0.05) is 0 Å². The number of rotatable bonds is 0. The molecule has 0 aliphatic rings. The van der Waals surface area contributed by atoms with Gasteiger partial charge in [0.15, 0.2) is 0 Å². The van der Waals surface area contributed by atoms with E-state index in [2.05, 4.69) is 0 Å². The largest absolute Gasteiger partial charge is 0.328 e. The minimum atomic E-state index is -1.50. The lowest BCUT2D eigenvalue weighted by atomic mass is 11.9. The molecule has 5 nitrogen and oxygen atoms in total. The number of hydrogen-bond acceptors (Lipinski definition) is 3. The van der Waals surface area contributed by atoms with Crippen LogP contribution in [0.2, 0.25) is 0 Å². The zero-order valence-electron chi connectivity index (χ0n) is 4.53. The molecule has 0 heterocycles. The van der Waals surface area contributed by atoms with Gasteiger partial charge < -0.3 is 5.21 Å². The van der Waals surface area contributed by atoms with Crippen molar-refractivity contribution in [1.82, 2.24) is 0 Å². The van der Waals surface area contributed by atoms with E-state index in [1.165, 1.54) is 0 Å². The van der Waals surface area contributed by atoms with Crippen molar-refractivity contribution in [3.63, 3.8) is 0 Å². The van der Waals surface area contributed by atoms with Crippen molar-refractivity contribution in [3.05, 3.63) is 10.1 Å². The molecule has 6 heteroatoms. The zero-order chi connectivity index (χ0) is 7.15. The molecule has 0 aromatic heterocycles. The monoisotopic (exact) mass is 141 g/mol. The summed E-state index contributed by atoms with van der Waals surface area (Å²) < 4.78 is 9.56.